The van der Waals surface area contributed by atoms with Crippen molar-refractivity contribution >= 4 is 0 Å². The van der Waals surface area contributed by atoms with Gasteiger partial charge in [-0.3, -0.25) is 0 Å². The monoisotopic (exact) mass is 293 g/mol. The topological polar surface area (TPSA) is 21.3 Å². The SMILES string of the molecule is CNC1CC(c2c(F)cccc2F)Oc2cc(F)ccc21. The molecule has 0 bridgehead atoms. The van der Waals surface area contributed by atoms with Crippen molar-refractivity contribution in [2.24, 2.45) is 0 Å². The quantitative estimate of drug-likeness (QED) is 0.907. The molecule has 0 spiro atoms. The molecule has 1 aliphatic rings. The summed E-state index contributed by atoms with van der Waals surface area (Å²) in [5, 5.41) is 3.07. The third-order valence-corrected chi connectivity index (χ3v) is 3.74. The van der Waals surface area contributed by atoms with E-state index in [4.69, 9.17) is 4.74 Å². The Morgan fingerprint density at radius 3 is 2.48 bits per heavy atom. The molecule has 1 N–H and O–H groups in total. The van der Waals surface area contributed by atoms with Gasteiger partial charge in [0.05, 0.1) is 5.56 Å². The number of hydrogen-bond acceptors (Lipinski definition) is 2. The summed E-state index contributed by atoms with van der Waals surface area (Å²) in [5.41, 5.74) is 0.666. The minimum absolute atomic E-state index is 0.118. The van der Waals surface area contributed by atoms with Crippen molar-refractivity contribution in [3.63, 3.8) is 0 Å². The standard InChI is InChI=1S/C16H14F3NO/c1-20-13-8-15(16-11(18)3-2-4-12(16)19)21-14-7-9(17)5-6-10(13)14/h2-7,13,15,20H,8H2,1H3. The summed E-state index contributed by atoms with van der Waals surface area (Å²) >= 11 is 0. The van der Waals surface area contributed by atoms with Gasteiger partial charge in [0.15, 0.2) is 0 Å². The molecule has 5 heteroatoms. The molecular weight excluding hydrogens is 279 g/mol. The number of halogens is 3. The maximum absolute atomic E-state index is 13.9. The first-order chi connectivity index (χ1) is 10.1. The van der Waals surface area contributed by atoms with Crippen molar-refractivity contribution < 1.29 is 17.9 Å². The van der Waals surface area contributed by atoms with E-state index in [9.17, 15) is 13.2 Å². The molecule has 1 aliphatic heterocycles. The fourth-order valence-electron chi connectivity index (χ4n) is 2.71. The first-order valence-electron chi connectivity index (χ1n) is 6.67. The summed E-state index contributed by atoms with van der Waals surface area (Å²) in [4.78, 5) is 0. The number of hydrogen-bond donors (Lipinski definition) is 1. The lowest BCUT2D eigenvalue weighted by atomic mass is 9.92. The van der Waals surface area contributed by atoms with Gasteiger partial charge in [-0.25, -0.2) is 13.2 Å². The molecule has 0 aromatic heterocycles. The highest BCUT2D eigenvalue weighted by molar-refractivity contribution is 5.40. The van der Waals surface area contributed by atoms with Crippen LogP contribution in [0.15, 0.2) is 36.4 Å². The van der Waals surface area contributed by atoms with Crippen molar-refractivity contribution in [2.75, 3.05) is 7.05 Å². The van der Waals surface area contributed by atoms with Crippen molar-refractivity contribution in [1.29, 1.82) is 0 Å². The molecule has 0 amide bonds. The summed E-state index contributed by atoms with van der Waals surface area (Å²) in [6, 6.07) is 7.74. The average Bonchev–Trinajstić information content (AvgIpc) is 2.45. The van der Waals surface area contributed by atoms with Gasteiger partial charge in [-0.05, 0) is 25.2 Å². The van der Waals surface area contributed by atoms with E-state index in [1.807, 2.05) is 0 Å². The van der Waals surface area contributed by atoms with E-state index < -0.39 is 23.6 Å². The Kier molecular flexibility index (Phi) is 3.59. The third-order valence-electron chi connectivity index (χ3n) is 3.74. The number of fused-ring (bicyclic) bond motifs is 1. The zero-order chi connectivity index (χ0) is 15.0. The molecule has 110 valence electrons. The van der Waals surface area contributed by atoms with Gasteiger partial charge >= 0.3 is 0 Å². The minimum atomic E-state index is -0.794. The maximum Gasteiger partial charge on any atom is 0.133 e. The van der Waals surface area contributed by atoms with Gasteiger partial charge in [0.2, 0.25) is 0 Å². The van der Waals surface area contributed by atoms with Crippen LogP contribution in [0.1, 0.15) is 29.7 Å². The Balaban J connectivity index is 2.04. The molecule has 2 unspecified atom stereocenters. The fraction of sp³-hybridized carbons (Fsp3) is 0.250. The predicted molar refractivity (Wildman–Crippen MR) is 72.5 cm³/mol. The highest BCUT2D eigenvalue weighted by Crippen LogP contribution is 2.42. The fourth-order valence-corrected chi connectivity index (χ4v) is 2.71. The van der Waals surface area contributed by atoms with Crippen molar-refractivity contribution in [3.05, 3.63) is 65.0 Å². The van der Waals surface area contributed by atoms with Crippen LogP contribution in [0.5, 0.6) is 5.75 Å². The summed E-state index contributed by atoms with van der Waals surface area (Å²) in [5.74, 6) is -1.45. The van der Waals surface area contributed by atoms with E-state index in [1.54, 1.807) is 13.1 Å². The van der Waals surface area contributed by atoms with Crippen LogP contribution in [0.25, 0.3) is 0 Å². The summed E-state index contributed by atoms with van der Waals surface area (Å²) < 4.78 is 46.8. The molecule has 21 heavy (non-hydrogen) atoms. The zero-order valence-corrected chi connectivity index (χ0v) is 11.4. The van der Waals surface area contributed by atoms with Crippen LogP contribution in [-0.4, -0.2) is 7.05 Å². The lowest BCUT2D eigenvalue weighted by Crippen LogP contribution is -2.27. The molecule has 0 saturated carbocycles. The van der Waals surface area contributed by atoms with Crippen LogP contribution in [0.2, 0.25) is 0 Å². The minimum Gasteiger partial charge on any atom is -0.485 e. The van der Waals surface area contributed by atoms with Gasteiger partial charge in [0, 0.05) is 24.1 Å². The van der Waals surface area contributed by atoms with Crippen molar-refractivity contribution in [2.45, 2.75) is 18.6 Å². The van der Waals surface area contributed by atoms with Gasteiger partial charge < -0.3 is 10.1 Å². The largest absolute Gasteiger partial charge is 0.485 e. The number of benzene rings is 2. The zero-order valence-electron chi connectivity index (χ0n) is 11.4. The predicted octanol–water partition coefficient (Wildman–Crippen LogP) is 3.89. The normalized spacial score (nSPS) is 20.8. The summed E-state index contributed by atoms with van der Waals surface area (Å²) in [7, 11) is 1.75. The molecule has 2 nitrogen and oxygen atoms in total. The Labute approximate surface area is 120 Å². The van der Waals surface area contributed by atoms with E-state index in [2.05, 4.69) is 5.32 Å². The number of ether oxygens (including phenoxy) is 1. The maximum atomic E-state index is 13.9. The van der Waals surface area contributed by atoms with E-state index in [-0.39, 0.29) is 11.6 Å². The molecule has 2 atom stereocenters. The van der Waals surface area contributed by atoms with Crippen molar-refractivity contribution in [3.8, 4) is 5.75 Å². The molecule has 1 heterocycles. The van der Waals surface area contributed by atoms with E-state index >= 15 is 0 Å². The first kappa shape index (κ1) is 13.9. The second kappa shape index (κ2) is 5.41. The summed E-state index contributed by atoms with van der Waals surface area (Å²) in [6.07, 6.45) is -0.426. The average molecular weight is 293 g/mol. The molecule has 0 saturated heterocycles. The second-order valence-electron chi connectivity index (χ2n) is 5.00. The Morgan fingerprint density at radius 1 is 1.10 bits per heavy atom. The highest BCUT2D eigenvalue weighted by Gasteiger charge is 2.32. The van der Waals surface area contributed by atoms with Crippen LogP contribution in [0, 0.1) is 17.5 Å². The van der Waals surface area contributed by atoms with Gasteiger partial charge in [-0.1, -0.05) is 12.1 Å². The number of nitrogens with one attached hydrogen (secondary N) is 1. The van der Waals surface area contributed by atoms with Crippen LogP contribution >= 0.6 is 0 Å². The first-order valence-corrected chi connectivity index (χ1v) is 6.67. The highest BCUT2D eigenvalue weighted by atomic mass is 19.1. The third kappa shape index (κ3) is 2.49. The van der Waals surface area contributed by atoms with Crippen molar-refractivity contribution in [1.82, 2.24) is 5.32 Å². The Hall–Kier alpha value is -2.01. The van der Waals surface area contributed by atoms with E-state index in [1.165, 1.54) is 30.3 Å². The van der Waals surface area contributed by atoms with Crippen LogP contribution in [0.3, 0.4) is 0 Å². The lowest BCUT2D eigenvalue weighted by Gasteiger charge is -2.32. The van der Waals surface area contributed by atoms with E-state index in [0.29, 0.717) is 12.2 Å². The summed E-state index contributed by atoms with van der Waals surface area (Å²) in [6.45, 7) is 0. The molecule has 3 rings (SSSR count). The number of rotatable bonds is 2. The Morgan fingerprint density at radius 2 is 1.81 bits per heavy atom. The molecule has 0 radical (unpaired) electrons. The molecule has 0 aliphatic carbocycles. The molecule has 2 aromatic rings. The molecule has 2 aromatic carbocycles. The smallest absolute Gasteiger partial charge is 0.133 e. The lowest BCUT2D eigenvalue weighted by molar-refractivity contribution is 0.145. The van der Waals surface area contributed by atoms with E-state index in [0.717, 1.165) is 5.56 Å². The molecule has 0 fully saturated rings. The molecular formula is C16H14F3NO. The van der Waals surface area contributed by atoms with Gasteiger partial charge in [0.25, 0.3) is 0 Å². The van der Waals surface area contributed by atoms with Gasteiger partial charge in [-0.2, -0.15) is 0 Å². The van der Waals surface area contributed by atoms with Crippen LogP contribution < -0.4 is 10.1 Å². The van der Waals surface area contributed by atoms with Crippen LogP contribution in [-0.2, 0) is 0 Å². The van der Waals surface area contributed by atoms with Gasteiger partial charge in [-0.15, -0.1) is 0 Å². The van der Waals surface area contributed by atoms with Gasteiger partial charge in [0.1, 0.15) is 29.3 Å². The van der Waals surface area contributed by atoms with Crippen LogP contribution in [0.4, 0.5) is 13.2 Å². The second-order valence-corrected chi connectivity index (χ2v) is 5.00. The Bertz CT molecular complexity index is 654.